The van der Waals surface area contributed by atoms with Crippen LogP contribution in [0.15, 0.2) is 53.5 Å². The molecule has 0 radical (unpaired) electrons. The molecule has 0 aliphatic rings. The molecule has 1 rings (SSSR count). The molecule has 1 aromatic carbocycles. The van der Waals surface area contributed by atoms with Crippen molar-refractivity contribution in [3.05, 3.63) is 59.0 Å². The molecule has 0 fully saturated rings. The molecule has 0 N–H and O–H groups in total. The smallest absolute Gasteiger partial charge is 0.338 e. The molecule has 90 valence electrons. The Labute approximate surface area is 106 Å². The molecule has 0 atom stereocenters. The highest BCUT2D eigenvalue weighted by Crippen LogP contribution is 2.13. The molecule has 0 saturated heterocycles. The first-order chi connectivity index (χ1) is 8.15. The van der Waals surface area contributed by atoms with Gasteiger partial charge in [-0.25, -0.2) is 4.79 Å². The largest absolute Gasteiger partial charge is 0.457 e. The van der Waals surface area contributed by atoms with Crippen molar-refractivity contribution in [2.45, 2.75) is 13.5 Å². The molecule has 0 amide bonds. The van der Waals surface area contributed by atoms with Crippen LogP contribution in [0.4, 0.5) is 0 Å². The second kappa shape index (κ2) is 6.97. The van der Waals surface area contributed by atoms with E-state index in [4.69, 9.17) is 4.74 Å². The maximum absolute atomic E-state index is 11.7. The van der Waals surface area contributed by atoms with E-state index in [1.807, 2.05) is 48.9 Å². The van der Waals surface area contributed by atoms with Gasteiger partial charge in [0.25, 0.3) is 0 Å². The van der Waals surface area contributed by atoms with Gasteiger partial charge in [-0.3, -0.25) is 0 Å². The molecule has 17 heavy (non-hydrogen) atoms. The van der Waals surface area contributed by atoms with Crippen molar-refractivity contribution in [3.8, 4) is 0 Å². The van der Waals surface area contributed by atoms with E-state index in [2.05, 4.69) is 6.58 Å². The number of hydrogen-bond donors (Lipinski definition) is 0. The number of rotatable bonds is 5. The van der Waals surface area contributed by atoms with Gasteiger partial charge in [-0.15, -0.1) is 11.8 Å². The summed E-state index contributed by atoms with van der Waals surface area (Å²) in [6.45, 7) is 5.86. The zero-order chi connectivity index (χ0) is 12.7. The molecule has 0 aromatic heterocycles. The number of ether oxygens (including phenoxy) is 1. The molecule has 3 heteroatoms. The van der Waals surface area contributed by atoms with Crippen LogP contribution in [0.2, 0.25) is 0 Å². The number of hydrogen-bond acceptors (Lipinski definition) is 3. The Morgan fingerprint density at radius 3 is 2.65 bits per heavy atom. The van der Waals surface area contributed by atoms with Crippen LogP contribution in [-0.4, -0.2) is 12.2 Å². The quantitative estimate of drug-likeness (QED) is 0.453. The highest BCUT2D eigenvalue weighted by molar-refractivity contribution is 8.01. The van der Waals surface area contributed by atoms with Crippen LogP contribution < -0.4 is 0 Å². The number of thioether (sulfide) groups is 1. The minimum absolute atomic E-state index is 0.283. The minimum Gasteiger partial charge on any atom is -0.457 e. The van der Waals surface area contributed by atoms with Crippen molar-refractivity contribution in [2.75, 3.05) is 6.26 Å². The standard InChI is InChI=1S/C14H16O2S/c1-11(10-17-3)12(2)14(15)16-9-13-7-5-4-6-8-13/h4-8,10H,2,9H2,1,3H3/b11-10-. The van der Waals surface area contributed by atoms with Gasteiger partial charge in [-0.2, -0.15) is 0 Å². The van der Waals surface area contributed by atoms with Crippen molar-refractivity contribution < 1.29 is 9.53 Å². The average Bonchev–Trinajstić information content (AvgIpc) is 2.36. The molecular formula is C14H16O2S. The Balaban J connectivity index is 2.51. The molecular weight excluding hydrogens is 232 g/mol. The van der Waals surface area contributed by atoms with E-state index in [9.17, 15) is 4.79 Å². The number of benzene rings is 1. The number of carbonyl (C=O) groups is 1. The van der Waals surface area contributed by atoms with E-state index < -0.39 is 0 Å². The van der Waals surface area contributed by atoms with E-state index in [0.717, 1.165) is 11.1 Å². The van der Waals surface area contributed by atoms with Gasteiger partial charge in [-0.05, 0) is 29.7 Å². The number of carbonyl (C=O) groups excluding carboxylic acids is 1. The van der Waals surface area contributed by atoms with Gasteiger partial charge in [0.1, 0.15) is 6.61 Å². The Morgan fingerprint density at radius 1 is 1.41 bits per heavy atom. The van der Waals surface area contributed by atoms with Crippen LogP contribution in [0.1, 0.15) is 12.5 Å². The van der Waals surface area contributed by atoms with Gasteiger partial charge < -0.3 is 4.74 Å². The minimum atomic E-state index is -0.364. The Morgan fingerprint density at radius 2 is 2.06 bits per heavy atom. The normalized spacial score (nSPS) is 11.1. The van der Waals surface area contributed by atoms with Crippen LogP contribution in [0.5, 0.6) is 0 Å². The molecule has 2 nitrogen and oxygen atoms in total. The second-order valence-electron chi connectivity index (χ2n) is 3.58. The van der Waals surface area contributed by atoms with Gasteiger partial charge >= 0.3 is 5.97 Å². The van der Waals surface area contributed by atoms with Crippen LogP contribution in [0.25, 0.3) is 0 Å². The number of esters is 1. The first kappa shape index (κ1) is 13.6. The maximum atomic E-state index is 11.7. The lowest BCUT2D eigenvalue weighted by atomic mass is 10.1. The van der Waals surface area contributed by atoms with Crippen LogP contribution in [0, 0.1) is 0 Å². The van der Waals surface area contributed by atoms with Crippen LogP contribution in [0.3, 0.4) is 0 Å². The Kier molecular flexibility index (Phi) is 5.57. The van der Waals surface area contributed by atoms with E-state index in [-0.39, 0.29) is 12.6 Å². The molecule has 0 bridgehead atoms. The molecule has 0 heterocycles. The molecule has 0 spiro atoms. The summed E-state index contributed by atoms with van der Waals surface area (Å²) in [4.78, 5) is 11.7. The zero-order valence-electron chi connectivity index (χ0n) is 10.1. The van der Waals surface area contributed by atoms with Crippen LogP contribution in [-0.2, 0) is 16.1 Å². The van der Waals surface area contributed by atoms with Gasteiger partial charge in [0, 0.05) is 0 Å². The summed E-state index contributed by atoms with van der Waals surface area (Å²) < 4.78 is 5.17. The fourth-order valence-corrected chi connectivity index (χ4v) is 1.71. The van der Waals surface area contributed by atoms with Crippen molar-refractivity contribution >= 4 is 17.7 Å². The van der Waals surface area contributed by atoms with Gasteiger partial charge in [0.05, 0.1) is 5.57 Å². The summed E-state index contributed by atoms with van der Waals surface area (Å²) in [5, 5.41) is 1.88. The third kappa shape index (κ3) is 4.49. The molecule has 0 aliphatic carbocycles. The lowest BCUT2D eigenvalue weighted by Crippen LogP contribution is -2.07. The van der Waals surface area contributed by atoms with E-state index in [1.54, 1.807) is 0 Å². The lowest BCUT2D eigenvalue weighted by molar-refractivity contribution is -0.139. The Bertz CT molecular complexity index is 421. The third-order valence-corrected chi connectivity index (χ3v) is 2.82. The zero-order valence-corrected chi connectivity index (χ0v) is 10.9. The van der Waals surface area contributed by atoms with Gasteiger partial charge in [0.2, 0.25) is 0 Å². The first-order valence-corrected chi connectivity index (χ1v) is 6.54. The topological polar surface area (TPSA) is 26.3 Å². The van der Waals surface area contributed by atoms with Gasteiger partial charge in [-0.1, -0.05) is 36.9 Å². The summed E-state index contributed by atoms with van der Waals surface area (Å²) in [7, 11) is 0. The summed E-state index contributed by atoms with van der Waals surface area (Å²) in [5.74, 6) is -0.364. The highest BCUT2D eigenvalue weighted by atomic mass is 32.2. The molecule has 1 aromatic rings. The van der Waals surface area contributed by atoms with E-state index in [1.165, 1.54) is 11.8 Å². The predicted molar refractivity (Wildman–Crippen MR) is 72.7 cm³/mol. The van der Waals surface area contributed by atoms with E-state index in [0.29, 0.717) is 5.57 Å². The van der Waals surface area contributed by atoms with Crippen molar-refractivity contribution in [1.29, 1.82) is 0 Å². The van der Waals surface area contributed by atoms with Crippen molar-refractivity contribution in [2.24, 2.45) is 0 Å². The summed E-state index contributed by atoms with van der Waals surface area (Å²) in [6, 6.07) is 9.59. The Hall–Kier alpha value is -1.48. The molecule has 0 saturated carbocycles. The fraction of sp³-hybridized carbons (Fsp3) is 0.214. The summed E-state index contributed by atoms with van der Waals surface area (Å²) >= 11 is 1.54. The lowest BCUT2D eigenvalue weighted by Gasteiger charge is -2.07. The van der Waals surface area contributed by atoms with Crippen LogP contribution >= 0.6 is 11.8 Å². The predicted octanol–water partition coefficient (Wildman–Crippen LogP) is 3.55. The van der Waals surface area contributed by atoms with Gasteiger partial charge in [0.15, 0.2) is 0 Å². The maximum Gasteiger partial charge on any atom is 0.338 e. The fourth-order valence-electron chi connectivity index (χ4n) is 1.22. The van der Waals surface area contributed by atoms with Crippen molar-refractivity contribution in [3.63, 3.8) is 0 Å². The molecule has 0 aliphatic heterocycles. The SMILES string of the molecule is C=C(C(=O)OCc1ccccc1)/C(C)=C\SC. The van der Waals surface area contributed by atoms with E-state index >= 15 is 0 Å². The average molecular weight is 248 g/mol. The third-order valence-electron chi connectivity index (χ3n) is 2.23. The first-order valence-electron chi connectivity index (χ1n) is 5.25. The second-order valence-corrected chi connectivity index (χ2v) is 4.28. The monoisotopic (exact) mass is 248 g/mol. The molecule has 0 unspecified atom stereocenters. The summed E-state index contributed by atoms with van der Waals surface area (Å²) in [6.07, 6.45) is 1.94. The summed E-state index contributed by atoms with van der Waals surface area (Å²) in [5.41, 5.74) is 2.23. The van der Waals surface area contributed by atoms with Crippen molar-refractivity contribution in [1.82, 2.24) is 0 Å². The highest BCUT2D eigenvalue weighted by Gasteiger charge is 2.10.